The second-order valence-corrected chi connectivity index (χ2v) is 6.09. The van der Waals surface area contributed by atoms with Crippen molar-refractivity contribution in [2.75, 3.05) is 13.6 Å². The van der Waals surface area contributed by atoms with Gasteiger partial charge in [-0.1, -0.05) is 38.1 Å². The van der Waals surface area contributed by atoms with E-state index in [1.807, 2.05) is 12.5 Å². The Labute approximate surface area is 162 Å². The van der Waals surface area contributed by atoms with Gasteiger partial charge in [0.25, 0.3) is 0 Å². The molecule has 1 aromatic carbocycles. The first-order valence-electron chi connectivity index (χ1n) is 8.15. The van der Waals surface area contributed by atoms with E-state index >= 15 is 0 Å². The van der Waals surface area contributed by atoms with Crippen LogP contribution in [-0.2, 0) is 13.1 Å². The average molecular weight is 441 g/mol. The van der Waals surface area contributed by atoms with Crippen molar-refractivity contribution in [1.29, 1.82) is 0 Å². The van der Waals surface area contributed by atoms with Gasteiger partial charge >= 0.3 is 0 Å². The van der Waals surface area contributed by atoms with E-state index in [2.05, 4.69) is 63.3 Å². The number of halogens is 1. The number of aliphatic imine (C=N–C) groups is 1. The first kappa shape index (κ1) is 20.5. The molecular weight excluding hydrogens is 413 g/mol. The number of hydrogen-bond acceptors (Lipinski definition) is 2. The fraction of sp³-hybridized carbons (Fsp3) is 0.444. The lowest BCUT2D eigenvalue weighted by Gasteiger charge is -2.13. The molecule has 0 aliphatic rings. The minimum absolute atomic E-state index is 0. The van der Waals surface area contributed by atoms with Gasteiger partial charge in [0.05, 0.1) is 6.33 Å². The molecule has 0 aliphatic carbocycles. The van der Waals surface area contributed by atoms with Crippen molar-refractivity contribution in [2.24, 2.45) is 10.9 Å². The average Bonchev–Trinajstić information content (AvgIpc) is 3.03. The van der Waals surface area contributed by atoms with Gasteiger partial charge in [0, 0.05) is 39.1 Å². The molecule has 1 heterocycles. The van der Waals surface area contributed by atoms with Crippen molar-refractivity contribution in [3.05, 3.63) is 54.1 Å². The Kier molecular flexibility index (Phi) is 9.44. The van der Waals surface area contributed by atoms with Crippen LogP contribution < -0.4 is 10.6 Å². The highest BCUT2D eigenvalue weighted by atomic mass is 127. The third kappa shape index (κ3) is 7.33. The van der Waals surface area contributed by atoms with Crippen LogP contribution in [0.25, 0.3) is 0 Å². The maximum absolute atomic E-state index is 4.27. The van der Waals surface area contributed by atoms with E-state index in [4.69, 9.17) is 0 Å². The minimum Gasteiger partial charge on any atom is -0.356 e. The van der Waals surface area contributed by atoms with Gasteiger partial charge in [-0.25, -0.2) is 4.98 Å². The SMILES string of the molecule is CN=C(NCCC(C)C)NCc1cccc(Cn2ccnc2)c1.I. The molecule has 0 fully saturated rings. The van der Waals surface area contributed by atoms with Crippen molar-refractivity contribution in [2.45, 2.75) is 33.4 Å². The van der Waals surface area contributed by atoms with Crippen molar-refractivity contribution in [3.8, 4) is 0 Å². The maximum Gasteiger partial charge on any atom is 0.191 e. The van der Waals surface area contributed by atoms with Crippen molar-refractivity contribution in [3.63, 3.8) is 0 Å². The molecule has 132 valence electrons. The zero-order chi connectivity index (χ0) is 16.5. The molecule has 1 aromatic heterocycles. The molecule has 0 saturated heterocycles. The summed E-state index contributed by atoms with van der Waals surface area (Å²) >= 11 is 0. The molecular formula is C18H28IN5. The lowest BCUT2D eigenvalue weighted by atomic mass is 10.1. The van der Waals surface area contributed by atoms with Gasteiger partial charge in [0.15, 0.2) is 5.96 Å². The van der Waals surface area contributed by atoms with Crippen LogP contribution in [0.4, 0.5) is 0 Å². The molecule has 0 radical (unpaired) electrons. The zero-order valence-corrected chi connectivity index (χ0v) is 17.0. The van der Waals surface area contributed by atoms with Gasteiger partial charge in [0.2, 0.25) is 0 Å². The summed E-state index contributed by atoms with van der Waals surface area (Å²) in [7, 11) is 1.81. The summed E-state index contributed by atoms with van der Waals surface area (Å²) in [5, 5.41) is 6.71. The van der Waals surface area contributed by atoms with Crippen LogP contribution in [0, 0.1) is 5.92 Å². The molecule has 0 spiro atoms. The molecule has 0 unspecified atom stereocenters. The van der Waals surface area contributed by atoms with Crippen molar-refractivity contribution < 1.29 is 0 Å². The maximum atomic E-state index is 4.27. The first-order valence-corrected chi connectivity index (χ1v) is 8.15. The van der Waals surface area contributed by atoms with Gasteiger partial charge in [-0.2, -0.15) is 0 Å². The van der Waals surface area contributed by atoms with Crippen LogP contribution in [0.5, 0.6) is 0 Å². The fourth-order valence-corrected chi connectivity index (χ4v) is 2.31. The molecule has 2 aromatic rings. The third-order valence-electron chi connectivity index (χ3n) is 3.61. The van der Waals surface area contributed by atoms with E-state index < -0.39 is 0 Å². The molecule has 2 rings (SSSR count). The van der Waals surface area contributed by atoms with Crippen LogP contribution in [0.1, 0.15) is 31.4 Å². The quantitative estimate of drug-likeness (QED) is 0.394. The van der Waals surface area contributed by atoms with Crippen molar-refractivity contribution >= 4 is 29.9 Å². The van der Waals surface area contributed by atoms with E-state index in [0.29, 0.717) is 5.92 Å². The Bertz CT molecular complexity index is 608. The lowest BCUT2D eigenvalue weighted by Crippen LogP contribution is -2.37. The molecule has 24 heavy (non-hydrogen) atoms. The Morgan fingerprint density at radius 2 is 2.04 bits per heavy atom. The van der Waals surface area contributed by atoms with E-state index in [-0.39, 0.29) is 24.0 Å². The molecule has 0 aliphatic heterocycles. The van der Waals surface area contributed by atoms with Gasteiger partial charge in [-0.05, 0) is 23.5 Å². The molecule has 0 saturated carbocycles. The Hall–Kier alpha value is -1.57. The molecule has 0 amide bonds. The topological polar surface area (TPSA) is 54.2 Å². The highest BCUT2D eigenvalue weighted by Gasteiger charge is 2.01. The zero-order valence-electron chi connectivity index (χ0n) is 14.7. The van der Waals surface area contributed by atoms with Crippen LogP contribution >= 0.6 is 24.0 Å². The van der Waals surface area contributed by atoms with Crippen LogP contribution in [0.15, 0.2) is 48.0 Å². The van der Waals surface area contributed by atoms with Gasteiger partial charge in [0.1, 0.15) is 0 Å². The molecule has 5 nitrogen and oxygen atoms in total. The van der Waals surface area contributed by atoms with Gasteiger partial charge in [-0.15, -0.1) is 24.0 Å². The number of aromatic nitrogens is 2. The number of nitrogens with one attached hydrogen (secondary N) is 2. The third-order valence-corrected chi connectivity index (χ3v) is 3.61. The summed E-state index contributed by atoms with van der Waals surface area (Å²) in [6.07, 6.45) is 6.76. The molecule has 2 N–H and O–H groups in total. The summed E-state index contributed by atoms with van der Waals surface area (Å²) in [6, 6.07) is 8.58. The van der Waals surface area contributed by atoms with E-state index in [0.717, 1.165) is 32.0 Å². The standard InChI is InChI=1S/C18H27N5.HI/c1-15(2)7-8-21-18(19-3)22-12-16-5-4-6-17(11-16)13-23-10-9-20-14-23;/h4-6,9-11,14-15H,7-8,12-13H2,1-3H3,(H2,19,21,22);1H. The van der Waals surface area contributed by atoms with Crippen LogP contribution in [0.3, 0.4) is 0 Å². The number of benzene rings is 1. The Balaban J connectivity index is 0.00000288. The molecule has 0 atom stereocenters. The van der Waals surface area contributed by atoms with E-state index in [1.54, 1.807) is 13.2 Å². The number of guanidine groups is 1. The second kappa shape index (κ2) is 11.1. The normalized spacial score (nSPS) is 11.2. The summed E-state index contributed by atoms with van der Waals surface area (Å²) in [4.78, 5) is 8.34. The summed E-state index contributed by atoms with van der Waals surface area (Å²) < 4.78 is 2.07. The number of rotatable bonds is 7. The molecule has 0 bridgehead atoms. The second-order valence-electron chi connectivity index (χ2n) is 6.09. The van der Waals surface area contributed by atoms with Crippen LogP contribution in [-0.4, -0.2) is 29.1 Å². The minimum atomic E-state index is 0. The van der Waals surface area contributed by atoms with Gasteiger partial charge in [-0.3, -0.25) is 4.99 Å². The predicted octanol–water partition coefficient (Wildman–Crippen LogP) is 3.26. The first-order chi connectivity index (χ1) is 11.2. The summed E-state index contributed by atoms with van der Waals surface area (Å²) in [5.41, 5.74) is 2.51. The summed E-state index contributed by atoms with van der Waals surface area (Å²) in [6.45, 7) is 7.00. The van der Waals surface area contributed by atoms with Gasteiger partial charge < -0.3 is 15.2 Å². The van der Waals surface area contributed by atoms with E-state index in [1.165, 1.54) is 11.1 Å². The van der Waals surface area contributed by atoms with E-state index in [9.17, 15) is 0 Å². The Morgan fingerprint density at radius 1 is 1.25 bits per heavy atom. The predicted molar refractivity (Wildman–Crippen MR) is 111 cm³/mol. The van der Waals surface area contributed by atoms with Crippen LogP contribution in [0.2, 0.25) is 0 Å². The van der Waals surface area contributed by atoms with Crippen molar-refractivity contribution in [1.82, 2.24) is 20.2 Å². The Morgan fingerprint density at radius 3 is 2.71 bits per heavy atom. The lowest BCUT2D eigenvalue weighted by molar-refractivity contribution is 0.573. The highest BCUT2D eigenvalue weighted by Crippen LogP contribution is 2.07. The molecule has 6 heteroatoms. The number of hydrogen-bond donors (Lipinski definition) is 2. The fourth-order valence-electron chi connectivity index (χ4n) is 2.31. The smallest absolute Gasteiger partial charge is 0.191 e. The monoisotopic (exact) mass is 441 g/mol. The number of nitrogens with zero attached hydrogens (tertiary/aromatic N) is 3. The number of imidazole rings is 1. The largest absolute Gasteiger partial charge is 0.356 e. The summed E-state index contributed by atoms with van der Waals surface area (Å²) in [5.74, 6) is 1.55. The highest BCUT2D eigenvalue weighted by molar-refractivity contribution is 14.0.